The van der Waals surface area contributed by atoms with Crippen LogP contribution in [0.4, 0.5) is 0 Å². The van der Waals surface area contributed by atoms with Gasteiger partial charge in [0, 0.05) is 52.9 Å². The van der Waals surface area contributed by atoms with E-state index in [9.17, 15) is 19.5 Å². The number of likely N-dealkylation sites (N-methyl/N-ethyl adjacent to an activating group) is 1. The van der Waals surface area contributed by atoms with Crippen molar-refractivity contribution in [2.75, 3.05) is 72.7 Å². The topological polar surface area (TPSA) is 103 Å². The van der Waals surface area contributed by atoms with Crippen molar-refractivity contribution in [2.24, 2.45) is 17.8 Å². The summed E-state index contributed by atoms with van der Waals surface area (Å²) in [6, 6.07) is -0.909. The minimum Gasteiger partial charge on any atom is -0.395 e. The molecule has 0 aromatic rings. The zero-order valence-electron chi connectivity index (χ0n) is 22.4. The van der Waals surface area contributed by atoms with E-state index < -0.39 is 29.1 Å². The summed E-state index contributed by atoms with van der Waals surface area (Å²) in [5, 5.41) is 9.85. The van der Waals surface area contributed by atoms with E-state index in [1.165, 1.54) is 4.90 Å². The Balaban J connectivity index is 1.68. The molecule has 0 aliphatic carbocycles. The van der Waals surface area contributed by atoms with Gasteiger partial charge in [-0.25, -0.2) is 0 Å². The van der Waals surface area contributed by atoms with Gasteiger partial charge in [-0.2, -0.15) is 0 Å². The number of likely N-dealkylation sites (tertiary alicyclic amines) is 1. The molecular weight excluding hydrogens is 476 g/mol. The fourth-order valence-corrected chi connectivity index (χ4v) is 6.97. The van der Waals surface area contributed by atoms with Crippen molar-refractivity contribution in [3.8, 4) is 0 Å². The number of ether oxygens (including phenoxy) is 2. The Labute approximate surface area is 219 Å². The Morgan fingerprint density at radius 3 is 2.46 bits per heavy atom. The van der Waals surface area contributed by atoms with Gasteiger partial charge in [0.25, 0.3) is 0 Å². The molecule has 3 unspecified atom stereocenters. The minimum atomic E-state index is -1.12. The molecule has 37 heavy (non-hydrogen) atoms. The van der Waals surface area contributed by atoms with E-state index in [1.807, 2.05) is 13.8 Å². The van der Waals surface area contributed by atoms with Crippen LogP contribution in [0, 0.1) is 17.8 Å². The van der Waals surface area contributed by atoms with Crippen molar-refractivity contribution >= 4 is 17.7 Å². The fraction of sp³-hybridized carbons (Fsp3) is 0.741. The van der Waals surface area contributed by atoms with Crippen LogP contribution in [-0.4, -0.2) is 132 Å². The predicted octanol–water partition coefficient (Wildman–Crippen LogP) is -0.0194. The molecule has 0 aromatic carbocycles. The van der Waals surface area contributed by atoms with Gasteiger partial charge in [0.05, 0.1) is 37.3 Å². The first kappa shape index (κ1) is 27.8. The number of fused-ring (bicyclic) bond motifs is 1. The maximum Gasteiger partial charge on any atom is 0.248 e. The van der Waals surface area contributed by atoms with E-state index in [4.69, 9.17) is 9.47 Å². The summed E-state index contributed by atoms with van der Waals surface area (Å²) in [5.74, 6) is -2.22. The monoisotopic (exact) mass is 518 g/mol. The highest BCUT2D eigenvalue weighted by Gasteiger charge is 2.80. The number of hydrogen-bond donors (Lipinski definition) is 1. The van der Waals surface area contributed by atoms with Crippen LogP contribution in [-0.2, 0) is 23.9 Å². The van der Waals surface area contributed by atoms with Gasteiger partial charge in [-0.3, -0.25) is 19.3 Å². The summed E-state index contributed by atoms with van der Waals surface area (Å²) in [4.78, 5) is 48.9. The molecule has 1 N–H and O–H groups in total. The number of hydrogen-bond acceptors (Lipinski definition) is 7. The number of rotatable bonds is 11. The molecule has 206 valence electrons. The van der Waals surface area contributed by atoms with E-state index in [2.05, 4.69) is 18.1 Å². The van der Waals surface area contributed by atoms with Crippen LogP contribution in [0.2, 0.25) is 0 Å². The van der Waals surface area contributed by atoms with Crippen LogP contribution in [0.3, 0.4) is 0 Å². The Hall–Kier alpha value is -2.27. The molecule has 4 fully saturated rings. The van der Waals surface area contributed by atoms with Crippen LogP contribution in [0.15, 0.2) is 25.3 Å². The maximum atomic E-state index is 14.3. The van der Waals surface area contributed by atoms with Crippen LogP contribution in [0.25, 0.3) is 0 Å². The number of β-amino-alcohol motifs (C(OH)–C–C–N with tert-alkyl or cyclic N) is 1. The zero-order chi connectivity index (χ0) is 27.0. The summed E-state index contributed by atoms with van der Waals surface area (Å²) in [5.41, 5.74) is -1.99. The summed E-state index contributed by atoms with van der Waals surface area (Å²) in [7, 11) is 1.70. The third kappa shape index (κ3) is 4.51. The number of morpholine rings is 1. The lowest BCUT2D eigenvalue weighted by molar-refractivity contribution is -0.154. The zero-order valence-corrected chi connectivity index (χ0v) is 22.4. The average molecular weight is 519 g/mol. The van der Waals surface area contributed by atoms with Gasteiger partial charge >= 0.3 is 0 Å². The molecule has 4 heterocycles. The lowest BCUT2D eigenvalue weighted by Crippen LogP contribution is -2.58. The summed E-state index contributed by atoms with van der Waals surface area (Å²) in [6.07, 6.45) is 3.83. The quantitative estimate of drug-likeness (QED) is 0.384. The highest BCUT2D eigenvalue weighted by molar-refractivity contribution is 5.99. The first-order chi connectivity index (χ1) is 17.7. The van der Waals surface area contributed by atoms with Gasteiger partial charge in [0.15, 0.2) is 0 Å². The number of nitrogens with zero attached hydrogens (tertiary/aromatic N) is 4. The number of carbonyl (C=O) groups is 3. The Morgan fingerprint density at radius 2 is 1.84 bits per heavy atom. The molecule has 0 saturated carbocycles. The molecule has 4 saturated heterocycles. The Bertz CT molecular complexity index is 923. The molecule has 3 amide bonds. The smallest absolute Gasteiger partial charge is 0.248 e. The molecule has 6 atom stereocenters. The summed E-state index contributed by atoms with van der Waals surface area (Å²) < 4.78 is 12.2. The molecule has 0 aromatic heterocycles. The summed E-state index contributed by atoms with van der Waals surface area (Å²) >= 11 is 0. The van der Waals surface area contributed by atoms with Gasteiger partial charge in [-0.05, 0) is 19.3 Å². The average Bonchev–Trinajstić information content (AvgIpc) is 3.39. The first-order valence-corrected chi connectivity index (χ1v) is 13.3. The number of aliphatic hydroxyl groups excluding tert-OH is 1. The molecule has 2 bridgehead atoms. The van der Waals surface area contributed by atoms with Crippen molar-refractivity contribution in [3.05, 3.63) is 25.3 Å². The van der Waals surface area contributed by atoms with Crippen molar-refractivity contribution in [1.82, 2.24) is 19.6 Å². The molecule has 10 nitrogen and oxygen atoms in total. The van der Waals surface area contributed by atoms with Gasteiger partial charge in [0.1, 0.15) is 11.6 Å². The molecule has 1 spiro atoms. The van der Waals surface area contributed by atoms with Crippen molar-refractivity contribution in [3.63, 3.8) is 0 Å². The Kier molecular flexibility index (Phi) is 8.13. The summed E-state index contributed by atoms with van der Waals surface area (Å²) in [6.45, 7) is 16.0. The van der Waals surface area contributed by atoms with Crippen molar-refractivity contribution in [2.45, 2.75) is 37.5 Å². The van der Waals surface area contributed by atoms with E-state index in [-0.39, 0.29) is 36.8 Å². The van der Waals surface area contributed by atoms with Crippen LogP contribution < -0.4 is 0 Å². The van der Waals surface area contributed by atoms with E-state index in [0.29, 0.717) is 45.8 Å². The molecule has 4 aliphatic heterocycles. The fourth-order valence-electron chi connectivity index (χ4n) is 6.97. The van der Waals surface area contributed by atoms with E-state index >= 15 is 0 Å². The van der Waals surface area contributed by atoms with Gasteiger partial charge in [0.2, 0.25) is 17.7 Å². The Morgan fingerprint density at radius 1 is 1.16 bits per heavy atom. The second-order valence-corrected chi connectivity index (χ2v) is 11.0. The third-order valence-electron chi connectivity index (χ3n) is 8.89. The van der Waals surface area contributed by atoms with E-state index in [1.54, 1.807) is 29.0 Å². The lowest BCUT2D eigenvalue weighted by atomic mass is 9.62. The second-order valence-electron chi connectivity index (χ2n) is 11.0. The van der Waals surface area contributed by atoms with Crippen molar-refractivity contribution < 1.29 is 29.0 Å². The minimum absolute atomic E-state index is 0.0107. The number of aliphatic hydroxyl groups is 1. The number of amides is 3. The molecular formula is C27H42N4O6. The lowest BCUT2D eigenvalue weighted by Gasteiger charge is -2.38. The van der Waals surface area contributed by atoms with Crippen LogP contribution in [0.5, 0.6) is 0 Å². The van der Waals surface area contributed by atoms with Crippen molar-refractivity contribution in [1.29, 1.82) is 0 Å². The van der Waals surface area contributed by atoms with Crippen LogP contribution in [0.1, 0.15) is 20.3 Å². The third-order valence-corrected chi connectivity index (χ3v) is 8.89. The predicted molar refractivity (Wildman–Crippen MR) is 137 cm³/mol. The highest BCUT2D eigenvalue weighted by Crippen LogP contribution is 2.65. The number of carbonyl (C=O) groups excluding carboxylic acids is 3. The maximum absolute atomic E-state index is 14.3. The SMILES string of the molecule is C=CCN(C)C(=O)[C@@H]1[C@H]2C(=O)N(CCO)C(C(=O)N(CC=C)CCN3CCOCC3)C23CC(C)[C@@]1(C)O3. The second kappa shape index (κ2) is 10.8. The highest BCUT2D eigenvalue weighted by atomic mass is 16.5. The largest absolute Gasteiger partial charge is 0.395 e. The van der Waals surface area contributed by atoms with Gasteiger partial charge < -0.3 is 29.3 Å². The first-order valence-electron chi connectivity index (χ1n) is 13.3. The molecule has 10 heteroatoms. The normalized spacial score (nSPS) is 34.9. The van der Waals surface area contributed by atoms with Gasteiger partial charge in [-0.1, -0.05) is 19.1 Å². The van der Waals surface area contributed by atoms with Crippen LogP contribution >= 0.6 is 0 Å². The standard InChI is InChI=1S/C27H42N4O6/c1-6-8-28(5)23(33)20-21-24(34)31(12-15-32)22(27(21)18-19(3)26(20,4)37-27)25(35)30(9-7-2)11-10-29-13-16-36-17-14-29/h6-7,19-22,32H,1-2,8-18H2,3-5H3/t19?,20-,21-,22?,26+,27?/m0/s1. The van der Waals surface area contributed by atoms with Gasteiger partial charge in [-0.15, -0.1) is 13.2 Å². The van der Waals surface area contributed by atoms with E-state index in [0.717, 1.165) is 13.1 Å². The molecule has 4 aliphatic rings. The molecule has 4 rings (SSSR count). The molecule has 0 radical (unpaired) electrons.